The summed E-state index contributed by atoms with van der Waals surface area (Å²) in [5.41, 5.74) is 2.62. The number of rotatable bonds is 7. The first-order chi connectivity index (χ1) is 13.9. The predicted molar refractivity (Wildman–Crippen MR) is 112 cm³/mol. The summed E-state index contributed by atoms with van der Waals surface area (Å²) in [5.74, 6) is -0.328. The van der Waals surface area contributed by atoms with Gasteiger partial charge in [0.25, 0.3) is 5.91 Å². The van der Waals surface area contributed by atoms with Gasteiger partial charge in [-0.15, -0.1) is 0 Å². The van der Waals surface area contributed by atoms with Gasteiger partial charge in [-0.05, 0) is 36.8 Å². The van der Waals surface area contributed by atoms with Gasteiger partial charge < -0.3 is 20.9 Å². The van der Waals surface area contributed by atoms with Gasteiger partial charge >= 0.3 is 12.1 Å². The molecule has 0 radical (unpaired) electrons. The molecule has 0 spiro atoms. The summed E-state index contributed by atoms with van der Waals surface area (Å²) in [6.45, 7) is 2.53. The van der Waals surface area contributed by atoms with Gasteiger partial charge in [0.15, 0.2) is 0 Å². The van der Waals surface area contributed by atoms with E-state index in [9.17, 15) is 14.4 Å². The lowest BCUT2D eigenvalue weighted by Gasteiger charge is -2.27. The van der Waals surface area contributed by atoms with Crippen LogP contribution in [0.3, 0.4) is 0 Å². The van der Waals surface area contributed by atoms with Gasteiger partial charge in [0.05, 0.1) is 0 Å². The molecule has 0 unspecified atom stereocenters. The quantitative estimate of drug-likeness (QED) is 0.539. The van der Waals surface area contributed by atoms with Crippen molar-refractivity contribution in [1.82, 2.24) is 16.0 Å². The number of nitrogens with zero attached hydrogens (tertiary/aromatic N) is 1. The zero-order valence-corrected chi connectivity index (χ0v) is 16.4. The van der Waals surface area contributed by atoms with E-state index < -0.39 is 12.1 Å². The van der Waals surface area contributed by atoms with Gasteiger partial charge in [-0.25, -0.2) is 9.59 Å². The molecule has 1 saturated heterocycles. The highest BCUT2D eigenvalue weighted by Crippen LogP contribution is 2.14. The number of carbonyl (C=O) groups excluding carboxylic acids is 3. The first-order valence-corrected chi connectivity index (χ1v) is 9.45. The zero-order chi connectivity index (χ0) is 20.8. The van der Waals surface area contributed by atoms with Crippen LogP contribution in [-0.4, -0.2) is 43.6 Å². The average Bonchev–Trinajstić information content (AvgIpc) is 3.04. The molecule has 2 aromatic rings. The third-order valence-corrected chi connectivity index (χ3v) is 4.89. The smallest absolute Gasteiger partial charge is 0.322 e. The molecule has 2 atom stereocenters. The van der Waals surface area contributed by atoms with Crippen LogP contribution in [0.5, 0.6) is 0 Å². The Labute approximate surface area is 169 Å². The summed E-state index contributed by atoms with van der Waals surface area (Å²) >= 11 is 0. The van der Waals surface area contributed by atoms with Crippen LogP contribution >= 0.6 is 0 Å². The summed E-state index contributed by atoms with van der Waals surface area (Å²) in [5, 5.41) is 10.4. The molecule has 3 rings (SSSR count). The summed E-state index contributed by atoms with van der Waals surface area (Å²) < 4.78 is 0. The number of hydrogen-bond acceptors (Lipinski definition) is 4. The van der Waals surface area contributed by atoms with Gasteiger partial charge in [0.2, 0.25) is 0 Å². The topological polar surface area (TPSA) is 103 Å². The second-order valence-electron chi connectivity index (χ2n) is 7.05. The lowest BCUT2D eigenvalue weighted by Crippen LogP contribution is -2.41. The number of nitrogens with one attached hydrogen (secondary N) is 4. The molecule has 1 aliphatic heterocycles. The van der Waals surface area contributed by atoms with E-state index in [1.165, 1.54) is 0 Å². The summed E-state index contributed by atoms with van der Waals surface area (Å²) in [4.78, 5) is 37.0. The monoisotopic (exact) mass is 395 g/mol. The van der Waals surface area contributed by atoms with E-state index in [1.54, 1.807) is 12.1 Å². The molecule has 5 amide bonds. The van der Waals surface area contributed by atoms with E-state index in [-0.39, 0.29) is 18.0 Å². The van der Waals surface area contributed by atoms with Crippen molar-refractivity contribution >= 4 is 29.3 Å². The average molecular weight is 395 g/mol. The van der Waals surface area contributed by atoms with Gasteiger partial charge in [-0.3, -0.25) is 10.1 Å². The van der Waals surface area contributed by atoms with Crippen LogP contribution in [0.1, 0.15) is 12.5 Å². The molecular weight excluding hydrogens is 370 g/mol. The maximum Gasteiger partial charge on any atom is 0.322 e. The number of carbonyl (C=O) groups is 3. The molecule has 0 aliphatic carbocycles. The highest BCUT2D eigenvalue weighted by atomic mass is 16.2. The number of imide groups is 1. The van der Waals surface area contributed by atoms with Crippen molar-refractivity contribution < 1.29 is 14.4 Å². The SMILES string of the molecule is C[C@@H](CNC(=O)Nc1ccc(C[C@@H]2NC(=O)NC2=O)cc1)N(C)c1ccccc1. The molecule has 1 aliphatic rings. The van der Waals surface area contributed by atoms with E-state index in [0.717, 1.165) is 11.3 Å². The standard InChI is InChI=1S/C21H25N5O3/c1-14(26(2)17-6-4-3-5-7-17)13-22-20(28)23-16-10-8-15(9-11-16)12-18-19(27)25-21(29)24-18/h3-11,14,18H,12-13H2,1-2H3,(H2,22,23,28)(H2,24,25,27,29)/t14-,18-/m0/s1. The van der Waals surface area contributed by atoms with Gasteiger partial charge in [-0.1, -0.05) is 30.3 Å². The number of anilines is 2. The van der Waals surface area contributed by atoms with E-state index in [1.807, 2.05) is 56.4 Å². The van der Waals surface area contributed by atoms with Crippen molar-refractivity contribution in [2.45, 2.75) is 25.4 Å². The highest BCUT2D eigenvalue weighted by molar-refractivity contribution is 6.04. The Balaban J connectivity index is 1.45. The molecule has 1 fully saturated rings. The van der Waals surface area contributed by atoms with E-state index in [2.05, 4.69) is 26.2 Å². The van der Waals surface area contributed by atoms with Crippen molar-refractivity contribution in [2.75, 3.05) is 23.8 Å². The van der Waals surface area contributed by atoms with Gasteiger partial charge in [0.1, 0.15) is 6.04 Å². The van der Waals surface area contributed by atoms with Crippen molar-refractivity contribution in [3.05, 3.63) is 60.2 Å². The second kappa shape index (κ2) is 9.09. The van der Waals surface area contributed by atoms with Crippen LogP contribution in [0, 0.1) is 0 Å². The first kappa shape index (κ1) is 20.2. The van der Waals surface area contributed by atoms with Crippen molar-refractivity contribution in [3.8, 4) is 0 Å². The third-order valence-electron chi connectivity index (χ3n) is 4.89. The lowest BCUT2D eigenvalue weighted by molar-refractivity contribution is -0.120. The minimum absolute atomic E-state index is 0.123. The Kier molecular flexibility index (Phi) is 6.33. The first-order valence-electron chi connectivity index (χ1n) is 9.45. The normalized spacial score (nSPS) is 16.6. The predicted octanol–water partition coefficient (Wildman–Crippen LogP) is 2.08. The van der Waals surface area contributed by atoms with Crippen LogP contribution in [-0.2, 0) is 11.2 Å². The van der Waals surface area contributed by atoms with Crippen molar-refractivity contribution in [3.63, 3.8) is 0 Å². The summed E-state index contributed by atoms with van der Waals surface area (Å²) in [6.07, 6.45) is 0.396. The lowest BCUT2D eigenvalue weighted by atomic mass is 10.1. The Morgan fingerprint density at radius 3 is 2.41 bits per heavy atom. The molecule has 1 heterocycles. The maximum atomic E-state index is 12.2. The minimum atomic E-state index is -0.562. The van der Waals surface area contributed by atoms with Crippen LogP contribution in [0.2, 0.25) is 0 Å². The Bertz CT molecular complexity index is 870. The molecule has 8 heteroatoms. The van der Waals surface area contributed by atoms with Crippen LogP contribution in [0.15, 0.2) is 54.6 Å². The molecule has 0 aromatic heterocycles. The molecule has 0 bridgehead atoms. The second-order valence-corrected chi connectivity index (χ2v) is 7.05. The Morgan fingerprint density at radius 1 is 1.10 bits per heavy atom. The molecular formula is C21H25N5O3. The number of amides is 5. The molecule has 29 heavy (non-hydrogen) atoms. The van der Waals surface area contributed by atoms with E-state index >= 15 is 0 Å². The molecule has 8 nitrogen and oxygen atoms in total. The van der Waals surface area contributed by atoms with Crippen molar-refractivity contribution in [1.29, 1.82) is 0 Å². The maximum absolute atomic E-state index is 12.2. The minimum Gasteiger partial charge on any atom is -0.370 e. The van der Waals surface area contributed by atoms with Crippen molar-refractivity contribution in [2.24, 2.45) is 0 Å². The van der Waals surface area contributed by atoms with Gasteiger partial charge in [0, 0.05) is 37.4 Å². The molecule has 4 N–H and O–H groups in total. The fraction of sp³-hybridized carbons (Fsp3) is 0.286. The molecule has 2 aromatic carbocycles. The van der Waals surface area contributed by atoms with Crippen LogP contribution < -0.4 is 26.2 Å². The number of likely N-dealkylation sites (N-methyl/N-ethyl adjacent to an activating group) is 1. The Hall–Kier alpha value is -3.55. The number of hydrogen-bond donors (Lipinski definition) is 4. The Morgan fingerprint density at radius 2 is 1.79 bits per heavy atom. The fourth-order valence-corrected chi connectivity index (χ4v) is 3.03. The number of para-hydroxylation sites is 1. The van der Waals surface area contributed by atoms with E-state index in [4.69, 9.17) is 0 Å². The third kappa shape index (κ3) is 5.47. The zero-order valence-electron chi connectivity index (χ0n) is 16.4. The highest BCUT2D eigenvalue weighted by Gasteiger charge is 2.29. The fourth-order valence-electron chi connectivity index (χ4n) is 3.03. The molecule has 0 saturated carbocycles. The summed E-state index contributed by atoms with van der Waals surface area (Å²) in [7, 11) is 1.99. The largest absolute Gasteiger partial charge is 0.370 e. The molecule has 152 valence electrons. The van der Waals surface area contributed by atoms with Gasteiger partial charge in [-0.2, -0.15) is 0 Å². The number of urea groups is 2. The number of benzene rings is 2. The van der Waals surface area contributed by atoms with Crippen LogP contribution in [0.4, 0.5) is 21.0 Å². The summed E-state index contributed by atoms with van der Waals surface area (Å²) in [6, 6.07) is 16.0. The van der Waals surface area contributed by atoms with Crippen LogP contribution in [0.25, 0.3) is 0 Å². The van der Waals surface area contributed by atoms with E-state index in [0.29, 0.717) is 18.7 Å².